The SMILES string of the molecule is CCN1CCN(C(=O)CSC2CCS(=O)(=O)C2)CC1. The first-order valence-corrected chi connectivity index (χ1v) is 9.69. The summed E-state index contributed by atoms with van der Waals surface area (Å²) in [6.45, 7) is 6.67. The first-order chi connectivity index (χ1) is 9.00. The van der Waals surface area contributed by atoms with Gasteiger partial charge in [-0.1, -0.05) is 6.92 Å². The summed E-state index contributed by atoms with van der Waals surface area (Å²) in [4.78, 5) is 16.3. The van der Waals surface area contributed by atoms with Gasteiger partial charge >= 0.3 is 0 Å². The Balaban J connectivity index is 1.71. The highest BCUT2D eigenvalue weighted by Crippen LogP contribution is 2.24. The molecule has 0 saturated carbocycles. The monoisotopic (exact) mass is 306 g/mol. The van der Waals surface area contributed by atoms with Gasteiger partial charge in [-0.3, -0.25) is 4.79 Å². The Morgan fingerprint density at radius 3 is 2.47 bits per heavy atom. The van der Waals surface area contributed by atoms with Crippen molar-refractivity contribution < 1.29 is 13.2 Å². The Morgan fingerprint density at radius 1 is 1.26 bits per heavy atom. The number of nitrogens with zero attached hydrogens (tertiary/aromatic N) is 2. The van der Waals surface area contributed by atoms with Crippen molar-refractivity contribution in [2.75, 3.05) is 50.0 Å². The minimum absolute atomic E-state index is 0.117. The number of piperazine rings is 1. The molecule has 1 atom stereocenters. The third-order valence-electron chi connectivity index (χ3n) is 3.81. The van der Waals surface area contributed by atoms with E-state index in [0.29, 0.717) is 12.2 Å². The molecule has 110 valence electrons. The second-order valence-corrected chi connectivity index (χ2v) is 8.67. The molecule has 5 nitrogen and oxygen atoms in total. The maximum atomic E-state index is 12.0. The van der Waals surface area contributed by atoms with Gasteiger partial charge in [-0.15, -0.1) is 11.8 Å². The largest absolute Gasteiger partial charge is 0.339 e. The Hall–Kier alpha value is -0.270. The van der Waals surface area contributed by atoms with Crippen molar-refractivity contribution in [2.45, 2.75) is 18.6 Å². The molecule has 0 radical (unpaired) electrons. The molecule has 0 spiro atoms. The topological polar surface area (TPSA) is 57.7 Å². The fourth-order valence-electron chi connectivity index (χ4n) is 2.49. The Labute approximate surface area is 119 Å². The lowest BCUT2D eigenvalue weighted by Gasteiger charge is -2.34. The van der Waals surface area contributed by atoms with Gasteiger partial charge in [0.15, 0.2) is 9.84 Å². The number of thioether (sulfide) groups is 1. The van der Waals surface area contributed by atoms with Crippen LogP contribution in [0.4, 0.5) is 0 Å². The molecule has 0 N–H and O–H groups in total. The van der Waals surface area contributed by atoms with Crippen LogP contribution < -0.4 is 0 Å². The second-order valence-electron chi connectivity index (χ2n) is 5.15. The van der Waals surface area contributed by atoms with E-state index in [0.717, 1.165) is 32.7 Å². The van der Waals surface area contributed by atoms with E-state index in [1.165, 1.54) is 11.8 Å². The van der Waals surface area contributed by atoms with Gasteiger partial charge in [-0.25, -0.2) is 8.42 Å². The summed E-state index contributed by atoms with van der Waals surface area (Å²) in [6.07, 6.45) is 0.698. The summed E-state index contributed by atoms with van der Waals surface area (Å²) < 4.78 is 22.7. The average Bonchev–Trinajstić information content (AvgIpc) is 2.76. The highest BCUT2D eigenvalue weighted by molar-refractivity contribution is 8.02. The smallest absolute Gasteiger partial charge is 0.232 e. The molecule has 19 heavy (non-hydrogen) atoms. The fraction of sp³-hybridized carbons (Fsp3) is 0.917. The quantitative estimate of drug-likeness (QED) is 0.736. The maximum Gasteiger partial charge on any atom is 0.232 e. The van der Waals surface area contributed by atoms with Crippen LogP contribution in [0.15, 0.2) is 0 Å². The predicted octanol–water partition coefficient (Wildman–Crippen LogP) is 0.0708. The molecule has 0 aromatic rings. The molecular weight excluding hydrogens is 284 g/mol. The van der Waals surface area contributed by atoms with Gasteiger partial charge in [0.25, 0.3) is 0 Å². The number of hydrogen-bond donors (Lipinski definition) is 0. The zero-order valence-electron chi connectivity index (χ0n) is 11.4. The van der Waals surface area contributed by atoms with Crippen molar-refractivity contribution in [3.63, 3.8) is 0 Å². The van der Waals surface area contributed by atoms with Gasteiger partial charge in [0.2, 0.25) is 5.91 Å². The van der Waals surface area contributed by atoms with E-state index in [1.54, 1.807) is 0 Å². The molecule has 0 aromatic carbocycles. The molecule has 2 rings (SSSR count). The molecule has 2 aliphatic heterocycles. The number of carbonyl (C=O) groups excluding carboxylic acids is 1. The van der Waals surface area contributed by atoms with E-state index in [-0.39, 0.29) is 22.7 Å². The maximum absolute atomic E-state index is 12.0. The highest BCUT2D eigenvalue weighted by Gasteiger charge is 2.29. The molecular formula is C12H22N2O3S2. The van der Waals surface area contributed by atoms with Crippen molar-refractivity contribution in [2.24, 2.45) is 0 Å². The second kappa shape index (κ2) is 6.45. The lowest BCUT2D eigenvalue weighted by Crippen LogP contribution is -2.49. The molecule has 0 aliphatic carbocycles. The van der Waals surface area contributed by atoms with E-state index in [1.807, 2.05) is 4.90 Å². The van der Waals surface area contributed by atoms with Gasteiger partial charge in [0.1, 0.15) is 0 Å². The van der Waals surface area contributed by atoms with Crippen molar-refractivity contribution in [3.05, 3.63) is 0 Å². The number of hydrogen-bond acceptors (Lipinski definition) is 5. The van der Waals surface area contributed by atoms with E-state index >= 15 is 0 Å². The summed E-state index contributed by atoms with van der Waals surface area (Å²) >= 11 is 1.51. The number of carbonyl (C=O) groups is 1. The lowest BCUT2D eigenvalue weighted by molar-refractivity contribution is -0.130. The summed E-state index contributed by atoms with van der Waals surface area (Å²) in [7, 11) is -2.83. The van der Waals surface area contributed by atoms with Crippen LogP contribution in [0.3, 0.4) is 0 Å². The molecule has 2 fully saturated rings. The third kappa shape index (κ3) is 4.36. The van der Waals surface area contributed by atoms with E-state index in [4.69, 9.17) is 0 Å². The lowest BCUT2D eigenvalue weighted by atomic mass is 10.3. The first kappa shape index (κ1) is 15.1. The normalized spacial score (nSPS) is 27.6. The Bertz CT molecular complexity index is 417. The van der Waals surface area contributed by atoms with E-state index in [9.17, 15) is 13.2 Å². The van der Waals surface area contributed by atoms with Crippen LogP contribution in [-0.4, -0.2) is 79.4 Å². The Morgan fingerprint density at radius 2 is 1.95 bits per heavy atom. The summed E-state index contributed by atoms with van der Waals surface area (Å²) in [5, 5.41) is 0.117. The van der Waals surface area contributed by atoms with E-state index in [2.05, 4.69) is 11.8 Å². The minimum Gasteiger partial charge on any atom is -0.339 e. The molecule has 2 heterocycles. The molecule has 7 heteroatoms. The van der Waals surface area contributed by atoms with Crippen LogP contribution in [0.25, 0.3) is 0 Å². The van der Waals surface area contributed by atoms with Crippen LogP contribution >= 0.6 is 11.8 Å². The standard InChI is InChI=1S/C12H22N2O3S2/c1-2-13-4-6-14(7-5-13)12(15)9-18-11-3-8-19(16,17)10-11/h11H,2-10H2,1H3. The summed E-state index contributed by atoms with van der Waals surface area (Å²) in [6, 6.07) is 0. The third-order valence-corrected chi connectivity index (χ3v) is 7.07. The fourth-order valence-corrected chi connectivity index (χ4v) is 6.03. The van der Waals surface area contributed by atoms with Crippen molar-refractivity contribution in [1.82, 2.24) is 9.80 Å². The van der Waals surface area contributed by atoms with Crippen LogP contribution in [0, 0.1) is 0 Å². The van der Waals surface area contributed by atoms with Crippen LogP contribution in [0.5, 0.6) is 0 Å². The number of amides is 1. The molecule has 0 aromatic heterocycles. The molecule has 2 aliphatic rings. The minimum atomic E-state index is -2.83. The summed E-state index contributed by atoms with van der Waals surface area (Å²) in [5.41, 5.74) is 0. The Kier molecular flexibility index (Phi) is 5.14. The predicted molar refractivity (Wildman–Crippen MR) is 78.2 cm³/mol. The number of sulfone groups is 1. The zero-order chi connectivity index (χ0) is 13.9. The number of rotatable bonds is 4. The van der Waals surface area contributed by atoms with Crippen LogP contribution in [0.1, 0.15) is 13.3 Å². The first-order valence-electron chi connectivity index (χ1n) is 6.82. The van der Waals surface area contributed by atoms with Gasteiger partial charge in [0.05, 0.1) is 17.3 Å². The van der Waals surface area contributed by atoms with Gasteiger partial charge in [-0.05, 0) is 13.0 Å². The average molecular weight is 306 g/mol. The molecule has 1 unspecified atom stereocenters. The van der Waals surface area contributed by atoms with Crippen molar-refractivity contribution in [1.29, 1.82) is 0 Å². The molecule has 2 saturated heterocycles. The van der Waals surface area contributed by atoms with E-state index < -0.39 is 9.84 Å². The summed E-state index contributed by atoms with van der Waals surface area (Å²) in [5.74, 6) is 1.11. The van der Waals surface area contributed by atoms with Crippen molar-refractivity contribution >= 4 is 27.5 Å². The molecule has 0 bridgehead atoms. The van der Waals surface area contributed by atoms with Gasteiger partial charge < -0.3 is 9.80 Å². The van der Waals surface area contributed by atoms with Crippen LogP contribution in [-0.2, 0) is 14.6 Å². The molecule has 1 amide bonds. The highest BCUT2D eigenvalue weighted by atomic mass is 32.2. The van der Waals surface area contributed by atoms with Gasteiger partial charge in [-0.2, -0.15) is 0 Å². The zero-order valence-corrected chi connectivity index (χ0v) is 13.0. The van der Waals surface area contributed by atoms with Crippen molar-refractivity contribution in [3.8, 4) is 0 Å². The van der Waals surface area contributed by atoms with Gasteiger partial charge in [0, 0.05) is 31.4 Å². The van der Waals surface area contributed by atoms with Crippen LogP contribution in [0.2, 0.25) is 0 Å². The number of likely N-dealkylation sites (N-methyl/N-ethyl adjacent to an activating group) is 1.